The second-order valence-corrected chi connectivity index (χ2v) is 5.90. The maximum atomic E-state index is 11.2. The van der Waals surface area contributed by atoms with Crippen LogP contribution in [0.3, 0.4) is 0 Å². The van der Waals surface area contributed by atoms with E-state index in [1.54, 1.807) is 0 Å². The Labute approximate surface area is 68.2 Å². The highest BCUT2D eigenvalue weighted by atomic mass is 32.6. The average molecular weight is 230 g/mol. The van der Waals surface area contributed by atoms with Gasteiger partial charge in [0.15, 0.2) is 0 Å². The molecule has 0 unspecified atom stereocenters. The summed E-state index contributed by atoms with van der Waals surface area (Å²) in [6.45, 7) is 0. The molecule has 0 aliphatic heterocycles. The number of halogens is 6. The highest BCUT2D eigenvalue weighted by Gasteiger charge is 2.34. The van der Waals surface area contributed by atoms with Crippen molar-refractivity contribution in [3.8, 4) is 0 Å². The molecule has 0 rings (SSSR count). The molecule has 0 nitrogen and oxygen atoms in total. The van der Waals surface area contributed by atoms with E-state index in [9.17, 15) is 26.3 Å². The molecule has 9 heteroatoms. The second-order valence-electron chi connectivity index (χ2n) is 1.18. The Balaban J connectivity index is 3.44. The summed E-state index contributed by atoms with van der Waals surface area (Å²) < 4.78 is 67.3. The van der Waals surface area contributed by atoms with Gasteiger partial charge < -0.3 is 0 Å². The summed E-state index contributed by atoms with van der Waals surface area (Å²) in [6, 6.07) is 0. The maximum Gasteiger partial charge on any atom is 0.437 e. The fourth-order valence-electron chi connectivity index (χ4n) is 0.115. The van der Waals surface area contributed by atoms with Gasteiger partial charge in [0.25, 0.3) is 0 Å². The first-order valence-corrected chi connectivity index (χ1v) is 6.03. The number of hydrogen-bond donors (Lipinski definition) is 0. The van der Waals surface area contributed by atoms with Crippen LogP contribution in [0.15, 0.2) is 0 Å². The van der Waals surface area contributed by atoms with Crippen molar-refractivity contribution in [2.24, 2.45) is 0 Å². The fourth-order valence-corrected chi connectivity index (χ4v) is 3.11. The number of rotatable bonds is 2. The first-order valence-electron chi connectivity index (χ1n) is 1.95. The minimum absolute atomic E-state index is 0.669. The number of alkyl halides is 6. The van der Waals surface area contributed by atoms with Crippen LogP contribution in [-0.2, 0) is 0 Å². The fraction of sp³-hybridized carbons (Fsp3) is 1.00. The summed E-state index contributed by atoms with van der Waals surface area (Å²) in [4.78, 5) is 0. The zero-order chi connectivity index (χ0) is 9.12. The molecule has 0 saturated heterocycles. The van der Waals surface area contributed by atoms with Crippen LogP contribution < -0.4 is 0 Å². The van der Waals surface area contributed by atoms with Crippen molar-refractivity contribution in [2.75, 3.05) is 0 Å². The van der Waals surface area contributed by atoms with Gasteiger partial charge in [0.1, 0.15) is 0 Å². The second kappa shape index (κ2) is 3.94. The SMILES string of the molecule is FC(F)(F)S[Si]SC(F)(F)F. The van der Waals surface area contributed by atoms with Gasteiger partial charge in [0.2, 0.25) is 7.82 Å². The van der Waals surface area contributed by atoms with Crippen LogP contribution in [0, 0.1) is 0 Å². The summed E-state index contributed by atoms with van der Waals surface area (Å²) in [6.07, 6.45) is 0. The predicted molar refractivity (Wildman–Crippen MR) is 33.0 cm³/mol. The molecule has 0 bridgehead atoms. The summed E-state index contributed by atoms with van der Waals surface area (Å²) in [5.41, 5.74) is -9.15. The first-order chi connectivity index (χ1) is 4.71. The van der Waals surface area contributed by atoms with E-state index in [0.29, 0.717) is 0 Å². The lowest BCUT2D eigenvalue weighted by molar-refractivity contribution is -0.0313. The molecular weight excluding hydrogens is 230 g/mol. The van der Waals surface area contributed by atoms with E-state index >= 15 is 0 Å². The third-order valence-corrected chi connectivity index (χ3v) is 4.33. The third kappa shape index (κ3) is 10.5. The molecule has 0 aromatic rings. The Bertz CT molecular complexity index is 103. The van der Waals surface area contributed by atoms with Gasteiger partial charge in [0, 0.05) is 0 Å². The van der Waals surface area contributed by atoms with E-state index in [1.165, 1.54) is 0 Å². The van der Waals surface area contributed by atoms with Crippen LogP contribution in [0.1, 0.15) is 0 Å². The molecule has 11 heavy (non-hydrogen) atoms. The van der Waals surface area contributed by atoms with Crippen LogP contribution in [0.4, 0.5) is 26.3 Å². The highest BCUT2D eigenvalue weighted by Crippen LogP contribution is 2.37. The van der Waals surface area contributed by atoms with E-state index in [4.69, 9.17) is 0 Å². The largest absolute Gasteiger partial charge is 0.437 e. The van der Waals surface area contributed by atoms with Gasteiger partial charge in [-0.3, -0.25) is 0 Å². The molecule has 0 spiro atoms. The molecule has 2 radical (unpaired) electrons. The van der Waals surface area contributed by atoms with Gasteiger partial charge in [-0.1, -0.05) is 22.4 Å². The summed E-state index contributed by atoms with van der Waals surface area (Å²) >= 11 is -1.34. The standard InChI is InChI=1S/C2F6S2Si/c3-1(4,5)9-11-10-2(6,7)8. The van der Waals surface area contributed by atoms with Gasteiger partial charge >= 0.3 is 11.0 Å². The highest BCUT2D eigenvalue weighted by molar-refractivity contribution is 8.51. The van der Waals surface area contributed by atoms with Crippen LogP contribution in [0.25, 0.3) is 0 Å². The lowest BCUT2D eigenvalue weighted by atomic mass is 11.6. The van der Waals surface area contributed by atoms with E-state index in [1.807, 2.05) is 0 Å². The summed E-state index contributed by atoms with van der Waals surface area (Å²) in [5, 5.41) is 0. The van der Waals surface area contributed by atoms with E-state index < -0.39 is 41.3 Å². The molecule has 0 aliphatic rings. The van der Waals surface area contributed by atoms with Crippen LogP contribution in [-0.4, -0.2) is 18.8 Å². The van der Waals surface area contributed by atoms with Crippen LogP contribution in [0.2, 0.25) is 0 Å². The predicted octanol–water partition coefficient (Wildman–Crippen LogP) is 3.03. The van der Waals surface area contributed by atoms with E-state index in [2.05, 4.69) is 0 Å². The maximum absolute atomic E-state index is 11.2. The van der Waals surface area contributed by atoms with Crippen molar-refractivity contribution in [2.45, 2.75) is 11.0 Å². The Kier molecular flexibility index (Phi) is 4.12. The van der Waals surface area contributed by atoms with Crippen LogP contribution >= 0.6 is 22.4 Å². The van der Waals surface area contributed by atoms with Gasteiger partial charge in [-0.2, -0.15) is 26.3 Å². The van der Waals surface area contributed by atoms with E-state index in [-0.39, 0.29) is 0 Å². The molecule has 0 amide bonds. The summed E-state index contributed by atoms with van der Waals surface area (Å²) in [5.74, 6) is 0. The van der Waals surface area contributed by atoms with Gasteiger partial charge in [-0.25, -0.2) is 0 Å². The molecule has 66 valence electrons. The third-order valence-electron chi connectivity index (χ3n) is 0.315. The van der Waals surface area contributed by atoms with E-state index in [0.717, 1.165) is 0 Å². The van der Waals surface area contributed by atoms with Crippen molar-refractivity contribution < 1.29 is 26.3 Å². The lowest BCUT2D eigenvalue weighted by Crippen LogP contribution is -2.06. The van der Waals surface area contributed by atoms with Crippen LogP contribution in [0.5, 0.6) is 0 Å². The van der Waals surface area contributed by atoms with Crippen molar-refractivity contribution in [3.05, 3.63) is 0 Å². The monoisotopic (exact) mass is 230 g/mol. The molecule has 0 aromatic carbocycles. The first kappa shape index (κ1) is 11.5. The Morgan fingerprint density at radius 2 is 1.00 bits per heavy atom. The quantitative estimate of drug-likeness (QED) is 0.528. The molecule has 0 fully saturated rings. The van der Waals surface area contributed by atoms with Crippen molar-refractivity contribution in [1.29, 1.82) is 0 Å². The minimum Gasteiger partial charge on any atom is -0.161 e. The molecule has 0 heterocycles. The van der Waals surface area contributed by atoms with Crippen molar-refractivity contribution in [1.82, 2.24) is 0 Å². The molecule has 0 saturated carbocycles. The average Bonchev–Trinajstić information content (AvgIpc) is 1.55. The van der Waals surface area contributed by atoms with Crippen molar-refractivity contribution in [3.63, 3.8) is 0 Å². The smallest absolute Gasteiger partial charge is 0.161 e. The lowest BCUT2D eigenvalue weighted by Gasteiger charge is -2.05. The van der Waals surface area contributed by atoms with Gasteiger partial charge in [-0.05, 0) is 0 Å². The Hall–Kier alpha value is 0.497. The zero-order valence-corrected chi connectivity index (χ0v) is 7.22. The Morgan fingerprint density at radius 1 is 0.727 bits per heavy atom. The molecule has 0 aromatic heterocycles. The summed E-state index contributed by atoms with van der Waals surface area (Å²) in [7, 11) is -1.28. The zero-order valence-electron chi connectivity index (χ0n) is 4.58. The number of hydrogen-bond acceptors (Lipinski definition) is 2. The van der Waals surface area contributed by atoms with Crippen molar-refractivity contribution >= 4 is 30.2 Å². The normalized spacial score (nSPS) is 13.6. The molecular formula is C2F6S2Si. The van der Waals surface area contributed by atoms with Gasteiger partial charge in [0.05, 0.1) is 0 Å². The molecule has 0 atom stereocenters. The Morgan fingerprint density at radius 3 is 1.18 bits per heavy atom. The molecule has 0 N–H and O–H groups in total. The van der Waals surface area contributed by atoms with Gasteiger partial charge in [-0.15, -0.1) is 0 Å². The minimum atomic E-state index is -4.57. The molecule has 0 aliphatic carbocycles. The topological polar surface area (TPSA) is 0 Å².